The lowest BCUT2D eigenvalue weighted by atomic mass is 10.1. The maximum Gasteiger partial charge on any atom is 0.245 e. The summed E-state index contributed by atoms with van der Waals surface area (Å²) in [6.45, 7) is 0.727. The molecule has 0 unspecified atom stereocenters. The topological polar surface area (TPSA) is 71.0 Å². The number of hydrogen-bond acceptors (Lipinski definition) is 4. The fraction of sp³-hybridized carbons (Fsp3) is 0.160. The van der Waals surface area contributed by atoms with Gasteiger partial charge >= 0.3 is 0 Å². The quantitative estimate of drug-likeness (QED) is 0.430. The average Bonchev–Trinajstić information content (AvgIpc) is 3.22. The minimum absolute atomic E-state index is 0.0623. The summed E-state index contributed by atoms with van der Waals surface area (Å²) in [6, 6.07) is 24.2. The van der Waals surface area contributed by atoms with Gasteiger partial charge < -0.3 is 9.64 Å². The van der Waals surface area contributed by atoms with Crippen LogP contribution in [-0.2, 0) is 16.2 Å². The third-order valence-corrected chi connectivity index (χ3v) is 5.55. The first-order chi connectivity index (χ1) is 15.6. The molecule has 0 spiro atoms. The van der Waals surface area contributed by atoms with Gasteiger partial charge in [-0.05, 0) is 48.0 Å². The molecule has 162 valence electrons. The van der Waals surface area contributed by atoms with Crippen molar-refractivity contribution in [2.45, 2.75) is 13.0 Å². The lowest BCUT2D eigenvalue weighted by Gasteiger charge is -2.16. The van der Waals surface area contributed by atoms with Crippen molar-refractivity contribution in [1.29, 1.82) is 0 Å². The molecule has 4 rings (SSSR count). The molecule has 0 bridgehead atoms. The van der Waals surface area contributed by atoms with E-state index in [1.165, 1.54) is 0 Å². The molecule has 32 heavy (non-hydrogen) atoms. The van der Waals surface area contributed by atoms with Crippen LogP contribution in [0.1, 0.15) is 17.5 Å². The third kappa shape index (κ3) is 5.34. The molecule has 0 aliphatic carbocycles. The zero-order valence-corrected chi connectivity index (χ0v) is 18.0. The van der Waals surface area contributed by atoms with Crippen LogP contribution < -0.4 is 15.1 Å². The molecular weight excluding hydrogens is 426 g/mol. The Bertz CT molecular complexity index is 1120. The number of amides is 2. The Morgan fingerprint density at radius 3 is 2.53 bits per heavy atom. The number of rotatable bonds is 7. The highest BCUT2D eigenvalue weighted by molar-refractivity contribution is 6.31. The summed E-state index contributed by atoms with van der Waals surface area (Å²) in [5.74, 6) is -0.0579. The standard InChI is InChI=1S/C25H22ClN3O3/c26-23-9-5-4-6-19(23)17-32-22-12-10-18(11-13-22)15-27-28-25(31)20-14-24(30)29(16-20)21-7-2-1-3-8-21/h1-13,15,20H,14,16-17H2,(H,28,31)/b27-15-/t20-/m1/s1. The smallest absolute Gasteiger partial charge is 0.245 e. The molecule has 7 heteroatoms. The number of benzene rings is 3. The maximum absolute atomic E-state index is 12.4. The monoisotopic (exact) mass is 447 g/mol. The number of halogens is 1. The Hall–Kier alpha value is -3.64. The predicted molar refractivity (Wildman–Crippen MR) is 125 cm³/mol. The number of hydrazone groups is 1. The molecule has 3 aromatic rings. The van der Waals surface area contributed by atoms with Gasteiger partial charge in [-0.1, -0.05) is 48.0 Å². The van der Waals surface area contributed by atoms with Crippen LogP contribution >= 0.6 is 11.6 Å². The predicted octanol–water partition coefficient (Wildman–Crippen LogP) is 4.42. The van der Waals surface area contributed by atoms with E-state index in [2.05, 4.69) is 10.5 Å². The molecule has 6 nitrogen and oxygen atoms in total. The van der Waals surface area contributed by atoms with Gasteiger partial charge in [-0.25, -0.2) is 5.43 Å². The molecule has 1 saturated heterocycles. The molecule has 0 radical (unpaired) electrons. The van der Waals surface area contributed by atoms with E-state index in [-0.39, 0.29) is 18.2 Å². The van der Waals surface area contributed by atoms with Crippen LogP contribution in [0.3, 0.4) is 0 Å². The van der Waals surface area contributed by atoms with Crippen molar-refractivity contribution < 1.29 is 14.3 Å². The molecule has 1 fully saturated rings. The van der Waals surface area contributed by atoms with Crippen molar-refractivity contribution in [2.24, 2.45) is 11.0 Å². The summed E-state index contributed by atoms with van der Waals surface area (Å²) in [7, 11) is 0. The zero-order chi connectivity index (χ0) is 22.3. The van der Waals surface area contributed by atoms with E-state index in [1.54, 1.807) is 11.1 Å². The first kappa shape index (κ1) is 21.6. The molecular formula is C25H22ClN3O3. The number of ether oxygens (including phenoxy) is 1. The van der Waals surface area contributed by atoms with Crippen molar-refractivity contribution >= 4 is 35.3 Å². The highest BCUT2D eigenvalue weighted by atomic mass is 35.5. The first-order valence-corrected chi connectivity index (χ1v) is 10.6. The van der Waals surface area contributed by atoms with Crippen LogP contribution in [0.2, 0.25) is 5.02 Å². The van der Waals surface area contributed by atoms with Crippen LogP contribution in [0, 0.1) is 5.92 Å². The van der Waals surface area contributed by atoms with E-state index in [4.69, 9.17) is 16.3 Å². The van der Waals surface area contributed by atoms with Crippen LogP contribution in [0.25, 0.3) is 0 Å². The summed E-state index contributed by atoms with van der Waals surface area (Å²) in [5.41, 5.74) is 5.06. The number of carbonyl (C=O) groups excluding carboxylic acids is 2. The summed E-state index contributed by atoms with van der Waals surface area (Å²) >= 11 is 6.14. The van der Waals surface area contributed by atoms with Gasteiger partial charge in [-0.15, -0.1) is 0 Å². The van der Waals surface area contributed by atoms with Crippen LogP contribution in [0.5, 0.6) is 5.75 Å². The normalized spacial score (nSPS) is 15.8. The number of nitrogens with one attached hydrogen (secondary N) is 1. The molecule has 3 aromatic carbocycles. The summed E-state index contributed by atoms with van der Waals surface area (Å²) in [4.78, 5) is 26.3. The Morgan fingerprint density at radius 2 is 1.78 bits per heavy atom. The second-order valence-corrected chi connectivity index (χ2v) is 7.83. The second kappa shape index (κ2) is 10.1. The molecule has 0 aromatic heterocycles. The number of para-hydroxylation sites is 1. The Labute approximate surface area is 191 Å². The lowest BCUT2D eigenvalue weighted by molar-refractivity contribution is -0.126. The minimum Gasteiger partial charge on any atom is -0.489 e. The number of nitrogens with zero attached hydrogens (tertiary/aromatic N) is 2. The second-order valence-electron chi connectivity index (χ2n) is 7.42. The van der Waals surface area contributed by atoms with Crippen molar-refractivity contribution in [3.63, 3.8) is 0 Å². The van der Waals surface area contributed by atoms with Crippen LogP contribution in [0.15, 0.2) is 84.0 Å². The minimum atomic E-state index is -0.430. The van der Waals surface area contributed by atoms with Crippen molar-refractivity contribution in [2.75, 3.05) is 11.4 Å². The lowest BCUT2D eigenvalue weighted by Crippen LogP contribution is -2.30. The van der Waals surface area contributed by atoms with Crippen molar-refractivity contribution in [1.82, 2.24) is 5.43 Å². The number of hydrogen-bond donors (Lipinski definition) is 1. The average molecular weight is 448 g/mol. The fourth-order valence-electron chi connectivity index (χ4n) is 3.43. The Kier molecular flexibility index (Phi) is 6.82. The fourth-order valence-corrected chi connectivity index (χ4v) is 3.62. The van der Waals surface area contributed by atoms with E-state index in [1.807, 2.05) is 78.9 Å². The van der Waals surface area contributed by atoms with E-state index in [0.29, 0.717) is 23.9 Å². The van der Waals surface area contributed by atoms with Crippen molar-refractivity contribution in [3.05, 3.63) is 95.0 Å². The SMILES string of the molecule is O=C(N/N=C\c1ccc(OCc2ccccc2Cl)cc1)[C@@H]1CC(=O)N(c2ccccc2)C1. The van der Waals surface area contributed by atoms with E-state index in [9.17, 15) is 9.59 Å². The number of carbonyl (C=O) groups is 2. The van der Waals surface area contributed by atoms with Gasteiger partial charge in [0.05, 0.1) is 12.1 Å². The van der Waals surface area contributed by atoms with Crippen LogP contribution in [-0.4, -0.2) is 24.6 Å². The Morgan fingerprint density at radius 1 is 1.06 bits per heavy atom. The molecule has 1 aliphatic rings. The van der Waals surface area contributed by atoms with Gasteiger partial charge in [-0.2, -0.15) is 5.10 Å². The highest BCUT2D eigenvalue weighted by Gasteiger charge is 2.34. The Balaban J connectivity index is 1.27. The van der Waals surface area contributed by atoms with E-state index >= 15 is 0 Å². The number of anilines is 1. The molecule has 1 atom stereocenters. The third-order valence-electron chi connectivity index (χ3n) is 5.18. The molecule has 0 saturated carbocycles. The van der Waals surface area contributed by atoms with Gasteiger partial charge in [0.15, 0.2) is 0 Å². The maximum atomic E-state index is 12.4. The van der Waals surface area contributed by atoms with Gasteiger partial charge in [0.25, 0.3) is 0 Å². The van der Waals surface area contributed by atoms with Gasteiger partial charge in [0, 0.05) is 29.2 Å². The largest absolute Gasteiger partial charge is 0.489 e. The molecule has 1 heterocycles. The van der Waals surface area contributed by atoms with Gasteiger partial charge in [0.2, 0.25) is 11.8 Å². The van der Waals surface area contributed by atoms with E-state index < -0.39 is 5.92 Å². The van der Waals surface area contributed by atoms with Crippen molar-refractivity contribution in [3.8, 4) is 5.75 Å². The zero-order valence-electron chi connectivity index (χ0n) is 17.3. The first-order valence-electron chi connectivity index (χ1n) is 10.2. The highest BCUT2D eigenvalue weighted by Crippen LogP contribution is 2.25. The van der Waals surface area contributed by atoms with Crippen LogP contribution in [0.4, 0.5) is 5.69 Å². The van der Waals surface area contributed by atoms with Gasteiger partial charge in [-0.3, -0.25) is 9.59 Å². The molecule has 1 N–H and O–H groups in total. The summed E-state index contributed by atoms with van der Waals surface area (Å²) in [6.07, 6.45) is 1.73. The summed E-state index contributed by atoms with van der Waals surface area (Å²) in [5, 5.41) is 4.70. The summed E-state index contributed by atoms with van der Waals surface area (Å²) < 4.78 is 5.76. The molecule has 1 aliphatic heterocycles. The van der Waals surface area contributed by atoms with E-state index in [0.717, 1.165) is 16.8 Å². The molecule has 2 amide bonds. The van der Waals surface area contributed by atoms with Gasteiger partial charge in [0.1, 0.15) is 12.4 Å².